The average molecular weight is 244 g/mol. The number of amides is 1. The Balaban J connectivity index is 2.17. The minimum atomic E-state index is -0.250. The maximum absolute atomic E-state index is 11.8. The Morgan fingerprint density at radius 3 is 2.56 bits per heavy atom. The predicted octanol–water partition coefficient (Wildman–Crippen LogP) is 2.25. The van der Waals surface area contributed by atoms with E-state index < -0.39 is 0 Å². The number of nitrogens with zero attached hydrogens (tertiary/aromatic N) is 2. The van der Waals surface area contributed by atoms with Crippen molar-refractivity contribution in [3.05, 3.63) is 29.8 Å². The number of benzene rings is 1. The van der Waals surface area contributed by atoms with Crippen molar-refractivity contribution in [3.63, 3.8) is 0 Å². The standard InChI is InChI=1S/C14H16N2O2/c1-10(2)11-3-5-13(6-4-11)16-8-12(15-9-17)7-14(16)18/h3-6,10,12H,7-8H2,1-2H3. The molecule has 18 heavy (non-hydrogen) atoms. The lowest BCUT2D eigenvalue weighted by Gasteiger charge is -2.16. The molecule has 0 N–H and O–H groups in total. The summed E-state index contributed by atoms with van der Waals surface area (Å²) in [6.45, 7) is 4.73. The van der Waals surface area contributed by atoms with Gasteiger partial charge in [-0.1, -0.05) is 26.0 Å². The average Bonchev–Trinajstić information content (AvgIpc) is 2.71. The molecular weight excluding hydrogens is 228 g/mol. The van der Waals surface area contributed by atoms with Gasteiger partial charge in [0.25, 0.3) is 0 Å². The van der Waals surface area contributed by atoms with Gasteiger partial charge in [0, 0.05) is 12.2 Å². The lowest BCUT2D eigenvalue weighted by Crippen LogP contribution is -2.24. The quantitative estimate of drug-likeness (QED) is 0.605. The summed E-state index contributed by atoms with van der Waals surface area (Å²) in [6.07, 6.45) is 1.82. The van der Waals surface area contributed by atoms with Gasteiger partial charge in [0.2, 0.25) is 12.0 Å². The zero-order chi connectivity index (χ0) is 13.1. The van der Waals surface area contributed by atoms with Crippen LogP contribution in [0.25, 0.3) is 0 Å². The molecule has 0 spiro atoms. The van der Waals surface area contributed by atoms with E-state index in [1.165, 1.54) is 11.6 Å². The molecule has 2 rings (SSSR count). The molecule has 1 unspecified atom stereocenters. The fourth-order valence-electron chi connectivity index (χ4n) is 2.14. The van der Waals surface area contributed by atoms with Gasteiger partial charge >= 0.3 is 0 Å². The monoisotopic (exact) mass is 244 g/mol. The first-order valence-corrected chi connectivity index (χ1v) is 6.09. The van der Waals surface area contributed by atoms with Gasteiger partial charge in [-0.3, -0.25) is 4.79 Å². The van der Waals surface area contributed by atoms with Crippen LogP contribution in [-0.2, 0) is 9.59 Å². The van der Waals surface area contributed by atoms with Crippen LogP contribution in [0.1, 0.15) is 31.7 Å². The molecule has 4 nitrogen and oxygen atoms in total. The Morgan fingerprint density at radius 2 is 2.00 bits per heavy atom. The third-order valence-electron chi connectivity index (χ3n) is 3.21. The lowest BCUT2D eigenvalue weighted by molar-refractivity contribution is -0.117. The number of hydrogen-bond acceptors (Lipinski definition) is 3. The summed E-state index contributed by atoms with van der Waals surface area (Å²) in [5, 5.41) is 0. The van der Waals surface area contributed by atoms with Crippen molar-refractivity contribution in [3.8, 4) is 0 Å². The molecule has 1 aliphatic rings. The Labute approximate surface area is 106 Å². The van der Waals surface area contributed by atoms with Crippen LogP contribution in [0.3, 0.4) is 0 Å². The summed E-state index contributed by atoms with van der Waals surface area (Å²) in [5.41, 5.74) is 2.11. The van der Waals surface area contributed by atoms with Gasteiger partial charge in [-0.05, 0) is 23.6 Å². The van der Waals surface area contributed by atoms with Crippen LogP contribution in [-0.4, -0.2) is 24.6 Å². The molecule has 1 aliphatic heterocycles. The van der Waals surface area contributed by atoms with E-state index in [0.29, 0.717) is 18.9 Å². The Bertz CT molecular complexity index is 487. The third-order valence-corrected chi connectivity index (χ3v) is 3.21. The Hall–Kier alpha value is -1.93. The van der Waals surface area contributed by atoms with Crippen LogP contribution < -0.4 is 4.90 Å². The summed E-state index contributed by atoms with van der Waals surface area (Å²) in [5.74, 6) is 0.483. The minimum Gasteiger partial charge on any atom is -0.310 e. The fourth-order valence-corrected chi connectivity index (χ4v) is 2.14. The maximum Gasteiger partial charge on any atom is 0.235 e. The summed E-state index contributed by atoms with van der Waals surface area (Å²) in [6, 6.07) is 7.70. The van der Waals surface area contributed by atoms with E-state index in [2.05, 4.69) is 18.8 Å². The number of isocyanates is 1. The highest BCUT2D eigenvalue weighted by atomic mass is 16.2. The molecule has 1 saturated heterocycles. The highest BCUT2D eigenvalue weighted by Crippen LogP contribution is 2.25. The van der Waals surface area contributed by atoms with Crippen LogP contribution >= 0.6 is 0 Å². The van der Waals surface area contributed by atoms with E-state index in [1.54, 1.807) is 4.90 Å². The number of carbonyl (C=O) groups is 1. The highest BCUT2D eigenvalue weighted by molar-refractivity contribution is 5.96. The van der Waals surface area contributed by atoms with E-state index in [9.17, 15) is 9.59 Å². The smallest absolute Gasteiger partial charge is 0.235 e. The summed E-state index contributed by atoms with van der Waals surface area (Å²) >= 11 is 0. The van der Waals surface area contributed by atoms with Gasteiger partial charge in [-0.25, -0.2) is 9.79 Å². The van der Waals surface area contributed by atoms with Gasteiger partial charge in [0.1, 0.15) is 0 Å². The van der Waals surface area contributed by atoms with Crippen molar-refractivity contribution < 1.29 is 9.59 Å². The van der Waals surface area contributed by atoms with Crippen LogP contribution in [0, 0.1) is 0 Å². The molecule has 0 aromatic heterocycles. The molecule has 1 heterocycles. The lowest BCUT2D eigenvalue weighted by atomic mass is 10.0. The molecule has 0 radical (unpaired) electrons. The van der Waals surface area contributed by atoms with Crippen LogP contribution in [0.4, 0.5) is 5.69 Å². The van der Waals surface area contributed by atoms with Crippen molar-refractivity contribution in [2.75, 3.05) is 11.4 Å². The zero-order valence-electron chi connectivity index (χ0n) is 10.6. The van der Waals surface area contributed by atoms with Gasteiger partial charge in [0.15, 0.2) is 0 Å². The topological polar surface area (TPSA) is 49.7 Å². The van der Waals surface area contributed by atoms with Crippen LogP contribution in [0.5, 0.6) is 0 Å². The van der Waals surface area contributed by atoms with Crippen molar-refractivity contribution in [2.24, 2.45) is 4.99 Å². The Kier molecular flexibility index (Phi) is 3.58. The first kappa shape index (κ1) is 12.5. The molecule has 1 aromatic rings. The molecule has 0 bridgehead atoms. The molecular formula is C14H16N2O2. The Morgan fingerprint density at radius 1 is 1.33 bits per heavy atom. The second kappa shape index (κ2) is 5.15. The molecule has 1 atom stereocenters. The highest BCUT2D eigenvalue weighted by Gasteiger charge is 2.30. The molecule has 1 amide bonds. The maximum atomic E-state index is 11.8. The van der Waals surface area contributed by atoms with E-state index in [-0.39, 0.29) is 11.9 Å². The molecule has 0 saturated carbocycles. The molecule has 94 valence electrons. The number of rotatable bonds is 3. The van der Waals surface area contributed by atoms with E-state index >= 15 is 0 Å². The molecule has 4 heteroatoms. The van der Waals surface area contributed by atoms with Crippen molar-refractivity contribution >= 4 is 17.7 Å². The number of hydrogen-bond donors (Lipinski definition) is 0. The van der Waals surface area contributed by atoms with Gasteiger partial charge in [-0.2, -0.15) is 0 Å². The van der Waals surface area contributed by atoms with Crippen molar-refractivity contribution in [1.29, 1.82) is 0 Å². The van der Waals surface area contributed by atoms with Crippen LogP contribution in [0.15, 0.2) is 29.3 Å². The summed E-state index contributed by atoms with van der Waals surface area (Å²) in [7, 11) is 0. The van der Waals surface area contributed by atoms with E-state index in [0.717, 1.165) is 5.69 Å². The van der Waals surface area contributed by atoms with Crippen molar-refractivity contribution in [2.45, 2.75) is 32.2 Å². The summed E-state index contributed by atoms with van der Waals surface area (Å²) < 4.78 is 0. The molecule has 1 fully saturated rings. The second-order valence-electron chi connectivity index (χ2n) is 4.83. The van der Waals surface area contributed by atoms with E-state index in [1.807, 2.05) is 24.3 Å². The first-order valence-electron chi connectivity index (χ1n) is 6.09. The largest absolute Gasteiger partial charge is 0.310 e. The fraction of sp³-hybridized carbons (Fsp3) is 0.429. The molecule has 1 aromatic carbocycles. The normalized spacial score (nSPS) is 19.2. The minimum absolute atomic E-state index is 0.0105. The number of aliphatic imine (C=N–C) groups is 1. The van der Waals surface area contributed by atoms with Crippen LogP contribution in [0.2, 0.25) is 0 Å². The molecule has 0 aliphatic carbocycles. The summed E-state index contributed by atoms with van der Waals surface area (Å²) in [4.78, 5) is 27.3. The SMILES string of the molecule is CC(C)c1ccc(N2CC(N=C=O)CC2=O)cc1. The number of carbonyl (C=O) groups excluding carboxylic acids is 2. The van der Waals surface area contributed by atoms with Gasteiger partial charge in [0.05, 0.1) is 12.5 Å². The van der Waals surface area contributed by atoms with Crippen molar-refractivity contribution in [1.82, 2.24) is 0 Å². The second-order valence-corrected chi connectivity index (χ2v) is 4.83. The zero-order valence-corrected chi connectivity index (χ0v) is 10.6. The van der Waals surface area contributed by atoms with E-state index in [4.69, 9.17) is 0 Å². The number of anilines is 1. The van der Waals surface area contributed by atoms with Gasteiger partial charge < -0.3 is 4.90 Å². The third kappa shape index (κ3) is 2.49. The van der Waals surface area contributed by atoms with Gasteiger partial charge in [-0.15, -0.1) is 0 Å². The first-order chi connectivity index (χ1) is 8.61. The predicted molar refractivity (Wildman–Crippen MR) is 69.4 cm³/mol.